The summed E-state index contributed by atoms with van der Waals surface area (Å²) >= 11 is 1.77. The first-order valence-corrected chi connectivity index (χ1v) is 6.90. The van der Waals surface area contributed by atoms with E-state index in [1.165, 1.54) is 0 Å². The van der Waals surface area contributed by atoms with Gasteiger partial charge in [-0.15, -0.1) is 4.91 Å². The molecule has 0 aromatic rings. The highest BCUT2D eigenvalue weighted by Crippen LogP contribution is 2.33. The SMILES string of the molecule is O=NC(CCC[C@@H]1SC[C@@H]2NC(=O)N[C@@H]21)C(=O)O. The summed E-state index contributed by atoms with van der Waals surface area (Å²) in [7, 11) is 0. The fourth-order valence-electron chi connectivity index (χ4n) is 2.38. The molecule has 2 amide bonds. The monoisotopic (exact) mass is 273 g/mol. The normalized spacial score (nSPS) is 31.3. The first-order valence-electron chi connectivity index (χ1n) is 5.85. The summed E-state index contributed by atoms with van der Waals surface area (Å²) in [6, 6.07) is -0.987. The quantitative estimate of drug-likeness (QED) is 0.483. The van der Waals surface area contributed by atoms with Crippen LogP contribution in [0.5, 0.6) is 0 Å². The minimum absolute atomic E-state index is 0.120. The van der Waals surface area contributed by atoms with E-state index in [0.717, 1.165) is 12.2 Å². The van der Waals surface area contributed by atoms with E-state index in [1.807, 2.05) is 0 Å². The number of carboxylic acids is 1. The topological polar surface area (TPSA) is 108 Å². The molecule has 2 fully saturated rings. The second-order valence-electron chi connectivity index (χ2n) is 4.51. The predicted octanol–water partition coefficient (Wildman–Crippen LogP) is 0.542. The molecule has 0 aromatic heterocycles. The molecule has 2 heterocycles. The number of nitrogens with zero attached hydrogens (tertiary/aromatic N) is 1. The van der Waals surface area contributed by atoms with Crippen LogP contribution in [0.4, 0.5) is 4.79 Å². The summed E-state index contributed by atoms with van der Waals surface area (Å²) in [5.41, 5.74) is 0. The van der Waals surface area contributed by atoms with Gasteiger partial charge in [0.25, 0.3) is 0 Å². The number of nitroso groups, excluding NO2 is 1. The molecule has 0 aromatic carbocycles. The summed E-state index contributed by atoms with van der Waals surface area (Å²) in [6.45, 7) is 0. The van der Waals surface area contributed by atoms with Gasteiger partial charge in [0, 0.05) is 11.0 Å². The van der Waals surface area contributed by atoms with Gasteiger partial charge in [-0.1, -0.05) is 5.18 Å². The molecule has 0 saturated carbocycles. The lowest BCUT2D eigenvalue weighted by molar-refractivity contribution is -0.138. The van der Waals surface area contributed by atoms with E-state index in [4.69, 9.17) is 5.11 Å². The summed E-state index contributed by atoms with van der Waals surface area (Å²) in [4.78, 5) is 32.1. The standard InChI is InChI=1S/C10H15N3O4S/c14-9(15)5(13-17)2-1-3-7-8-6(4-18-7)11-10(16)12-8/h5-8H,1-4H2,(H,14,15)(H2,11,12,16)/t5?,6-,7-,8-/m0/s1. The summed E-state index contributed by atoms with van der Waals surface area (Å²) in [6.07, 6.45) is 1.67. The molecule has 7 nitrogen and oxygen atoms in total. The van der Waals surface area contributed by atoms with Crippen molar-refractivity contribution in [3.63, 3.8) is 0 Å². The molecule has 0 bridgehead atoms. The van der Waals surface area contributed by atoms with Crippen molar-refractivity contribution < 1.29 is 14.7 Å². The van der Waals surface area contributed by atoms with E-state index in [9.17, 15) is 14.5 Å². The third-order valence-electron chi connectivity index (χ3n) is 3.32. The molecule has 2 aliphatic rings. The minimum atomic E-state index is -1.17. The second-order valence-corrected chi connectivity index (χ2v) is 5.78. The van der Waals surface area contributed by atoms with Crippen LogP contribution in [0.2, 0.25) is 0 Å². The largest absolute Gasteiger partial charge is 0.480 e. The zero-order valence-corrected chi connectivity index (χ0v) is 10.5. The van der Waals surface area contributed by atoms with Crippen LogP contribution in [0.15, 0.2) is 5.18 Å². The van der Waals surface area contributed by atoms with Gasteiger partial charge in [-0.2, -0.15) is 11.8 Å². The molecule has 0 radical (unpaired) electrons. The third-order valence-corrected chi connectivity index (χ3v) is 4.83. The van der Waals surface area contributed by atoms with Gasteiger partial charge in [0.1, 0.15) is 0 Å². The number of urea groups is 1. The van der Waals surface area contributed by atoms with Crippen molar-refractivity contribution in [2.24, 2.45) is 5.18 Å². The zero-order valence-electron chi connectivity index (χ0n) is 9.67. The van der Waals surface area contributed by atoms with Gasteiger partial charge in [-0.3, -0.25) is 0 Å². The molecule has 4 atom stereocenters. The third kappa shape index (κ3) is 2.74. The Balaban J connectivity index is 1.76. The number of rotatable bonds is 6. The van der Waals surface area contributed by atoms with Crippen molar-refractivity contribution >= 4 is 23.8 Å². The lowest BCUT2D eigenvalue weighted by Gasteiger charge is -2.16. The van der Waals surface area contributed by atoms with Crippen LogP contribution < -0.4 is 10.6 Å². The van der Waals surface area contributed by atoms with E-state index >= 15 is 0 Å². The molecule has 2 aliphatic heterocycles. The molecule has 1 unspecified atom stereocenters. The van der Waals surface area contributed by atoms with E-state index < -0.39 is 12.0 Å². The summed E-state index contributed by atoms with van der Waals surface area (Å²) in [5, 5.41) is 17.3. The van der Waals surface area contributed by atoms with Gasteiger partial charge < -0.3 is 15.7 Å². The van der Waals surface area contributed by atoms with E-state index in [1.54, 1.807) is 11.8 Å². The Morgan fingerprint density at radius 1 is 1.56 bits per heavy atom. The van der Waals surface area contributed by atoms with Gasteiger partial charge >= 0.3 is 12.0 Å². The highest BCUT2D eigenvalue weighted by Gasteiger charge is 2.42. The molecule has 0 aliphatic carbocycles. The average molecular weight is 273 g/mol. The van der Waals surface area contributed by atoms with Crippen LogP contribution >= 0.6 is 11.8 Å². The molecule has 2 saturated heterocycles. The van der Waals surface area contributed by atoms with E-state index in [0.29, 0.717) is 6.42 Å². The number of hydrogen-bond acceptors (Lipinski definition) is 5. The Bertz CT molecular complexity index is 365. The first kappa shape index (κ1) is 13.1. The summed E-state index contributed by atoms with van der Waals surface area (Å²) in [5.74, 6) is -0.291. The van der Waals surface area contributed by atoms with Crippen LogP contribution in [0.3, 0.4) is 0 Å². The Hall–Kier alpha value is -1.31. The maximum atomic E-state index is 11.2. The van der Waals surface area contributed by atoms with Crippen LogP contribution in [0.25, 0.3) is 0 Å². The number of fused-ring (bicyclic) bond motifs is 1. The fraction of sp³-hybridized carbons (Fsp3) is 0.800. The number of carbonyl (C=O) groups is 2. The lowest BCUT2D eigenvalue weighted by Crippen LogP contribution is -2.36. The van der Waals surface area contributed by atoms with Crippen molar-refractivity contribution in [3.8, 4) is 0 Å². The minimum Gasteiger partial charge on any atom is -0.480 e. The van der Waals surface area contributed by atoms with Gasteiger partial charge in [0.15, 0.2) is 6.04 Å². The Labute approximate surface area is 108 Å². The Morgan fingerprint density at radius 2 is 2.33 bits per heavy atom. The van der Waals surface area contributed by atoms with Crippen molar-refractivity contribution in [1.82, 2.24) is 10.6 Å². The van der Waals surface area contributed by atoms with Crippen LogP contribution in [-0.2, 0) is 4.79 Å². The highest BCUT2D eigenvalue weighted by atomic mass is 32.2. The molecule has 3 N–H and O–H groups in total. The molecule has 0 spiro atoms. The fourth-order valence-corrected chi connectivity index (χ4v) is 3.92. The lowest BCUT2D eigenvalue weighted by atomic mass is 10.0. The zero-order chi connectivity index (χ0) is 13.1. The predicted molar refractivity (Wildman–Crippen MR) is 66.6 cm³/mol. The maximum absolute atomic E-state index is 11.2. The number of hydrogen-bond donors (Lipinski definition) is 3. The highest BCUT2D eigenvalue weighted by molar-refractivity contribution is 8.00. The number of carbonyl (C=O) groups excluding carboxylic acids is 1. The number of nitrogens with one attached hydrogen (secondary N) is 2. The average Bonchev–Trinajstić information content (AvgIpc) is 2.84. The van der Waals surface area contributed by atoms with E-state index in [2.05, 4.69) is 15.8 Å². The van der Waals surface area contributed by atoms with Gasteiger partial charge in [0.2, 0.25) is 0 Å². The number of thioether (sulfide) groups is 1. The van der Waals surface area contributed by atoms with Gasteiger partial charge in [-0.25, -0.2) is 9.59 Å². The molecule has 8 heteroatoms. The van der Waals surface area contributed by atoms with Gasteiger partial charge in [-0.05, 0) is 19.3 Å². The van der Waals surface area contributed by atoms with Crippen molar-refractivity contribution in [1.29, 1.82) is 0 Å². The molecule has 18 heavy (non-hydrogen) atoms. The molecule has 2 rings (SSSR count). The number of carboxylic acid groups (broad SMARTS) is 1. The maximum Gasteiger partial charge on any atom is 0.332 e. The molecular weight excluding hydrogens is 258 g/mol. The molecular formula is C10H15N3O4S. The number of amides is 2. The Kier molecular flexibility index (Phi) is 4.05. The number of aliphatic carboxylic acids is 1. The summed E-state index contributed by atoms with van der Waals surface area (Å²) < 4.78 is 0. The van der Waals surface area contributed by atoms with Crippen LogP contribution in [0, 0.1) is 4.91 Å². The van der Waals surface area contributed by atoms with Gasteiger partial charge in [0.05, 0.1) is 12.1 Å². The van der Waals surface area contributed by atoms with E-state index in [-0.39, 0.29) is 29.8 Å². The smallest absolute Gasteiger partial charge is 0.332 e. The molecule has 100 valence electrons. The Morgan fingerprint density at radius 3 is 3.00 bits per heavy atom. The van der Waals surface area contributed by atoms with Crippen LogP contribution in [0.1, 0.15) is 19.3 Å². The van der Waals surface area contributed by atoms with Crippen molar-refractivity contribution in [2.75, 3.05) is 5.75 Å². The van der Waals surface area contributed by atoms with Crippen LogP contribution in [-0.4, -0.2) is 46.2 Å². The van der Waals surface area contributed by atoms with Crippen molar-refractivity contribution in [3.05, 3.63) is 4.91 Å². The first-order chi connectivity index (χ1) is 8.61. The van der Waals surface area contributed by atoms with Crippen molar-refractivity contribution in [2.45, 2.75) is 42.6 Å². The second kappa shape index (κ2) is 5.55.